The Labute approximate surface area is 153 Å². The first-order valence-electron chi connectivity index (χ1n) is 8.50. The molecule has 1 aromatic rings. The van der Waals surface area contributed by atoms with Gasteiger partial charge in [0.05, 0.1) is 0 Å². The van der Waals surface area contributed by atoms with Crippen LogP contribution < -0.4 is 10.2 Å². The van der Waals surface area contributed by atoms with Crippen molar-refractivity contribution >= 4 is 23.8 Å². The summed E-state index contributed by atoms with van der Waals surface area (Å²) in [6.07, 6.45) is 2.38. The Bertz CT molecular complexity index is 640. The third-order valence-corrected chi connectivity index (χ3v) is 3.26. The molecule has 0 atom stereocenters. The Morgan fingerprint density at radius 3 is 2.54 bits per heavy atom. The SMILES string of the molecule is Cc1ccnc(N(CCCCC(=O)NCC(=O)O)C(=O)OC(C)(C)C)c1. The molecule has 2 N–H and O–H groups in total. The second kappa shape index (κ2) is 9.74. The summed E-state index contributed by atoms with van der Waals surface area (Å²) in [5, 5.41) is 10.8. The lowest BCUT2D eigenvalue weighted by atomic mass is 10.2. The van der Waals surface area contributed by atoms with Gasteiger partial charge in [0.2, 0.25) is 5.91 Å². The first kappa shape index (κ1) is 21.4. The number of unbranched alkanes of at least 4 members (excludes halogenated alkanes) is 1. The Kier molecular flexibility index (Phi) is 8.02. The fourth-order valence-corrected chi connectivity index (χ4v) is 2.10. The largest absolute Gasteiger partial charge is 0.480 e. The van der Waals surface area contributed by atoms with Crippen LogP contribution in [0.2, 0.25) is 0 Å². The molecule has 8 nitrogen and oxygen atoms in total. The molecule has 0 radical (unpaired) electrons. The number of carboxylic acids is 1. The number of carbonyl (C=O) groups is 3. The number of ether oxygens (including phenoxy) is 1. The first-order valence-corrected chi connectivity index (χ1v) is 8.50. The third-order valence-electron chi connectivity index (χ3n) is 3.26. The Morgan fingerprint density at radius 2 is 1.96 bits per heavy atom. The zero-order valence-corrected chi connectivity index (χ0v) is 15.7. The zero-order chi connectivity index (χ0) is 19.7. The van der Waals surface area contributed by atoms with Gasteiger partial charge in [-0.15, -0.1) is 0 Å². The number of aromatic nitrogens is 1. The van der Waals surface area contributed by atoms with E-state index in [4.69, 9.17) is 9.84 Å². The minimum absolute atomic E-state index is 0.191. The normalized spacial score (nSPS) is 10.9. The Morgan fingerprint density at radius 1 is 1.27 bits per heavy atom. The van der Waals surface area contributed by atoms with E-state index < -0.39 is 24.2 Å². The molecule has 0 saturated heterocycles. The summed E-state index contributed by atoms with van der Waals surface area (Å²) in [5.41, 5.74) is 0.340. The summed E-state index contributed by atoms with van der Waals surface area (Å²) in [6.45, 7) is 7.23. The number of carbonyl (C=O) groups excluding carboxylic acids is 2. The summed E-state index contributed by atoms with van der Waals surface area (Å²) in [7, 11) is 0. The fraction of sp³-hybridized carbons (Fsp3) is 0.556. The fourth-order valence-electron chi connectivity index (χ4n) is 2.10. The van der Waals surface area contributed by atoms with E-state index in [0.717, 1.165) is 5.56 Å². The van der Waals surface area contributed by atoms with Gasteiger partial charge in [-0.3, -0.25) is 14.5 Å². The van der Waals surface area contributed by atoms with E-state index in [1.54, 1.807) is 33.0 Å². The van der Waals surface area contributed by atoms with Crippen molar-refractivity contribution in [2.24, 2.45) is 0 Å². The molecule has 0 bridgehead atoms. The van der Waals surface area contributed by atoms with Crippen LogP contribution in [0.5, 0.6) is 0 Å². The molecular weight excluding hydrogens is 338 g/mol. The molecule has 0 fully saturated rings. The van der Waals surface area contributed by atoms with Gasteiger partial charge in [0.15, 0.2) is 0 Å². The lowest BCUT2D eigenvalue weighted by Crippen LogP contribution is -2.38. The van der Waals surface area contributed by atoms with E-state index in [1.165, 1.54) is 4.90 Å². The number of hydrogen-bond acceptors (Lipinski definition) is 5. The van der Waals surface area contributed by atoms with Crippen LogP contribution in [-0.2, 0) is 14.3 Å². The highest BCUT2D eigenvalue weighted by Crippen LogP contribution is 2.18. The van der Waals surface area contributed by atoms with Crippen LogP contribution >= 0.6 is 0 Å². The number of aliphatic carboxylic acids is 1. The van der Waals surface area contributed by atoms with Gasteiger partial charge in [-0.2, -0.15) is 0 Å². The number of amides is 2. The van der Waals surface area contributed by atoms with Crippen LogP contribution in [0.1, 0.15) is 45.6 Å². The molecular formula is C18H27N3O5. The highest BCUT2D eigenvalue weighted by Gasteiger charge is 2.24. The molecule has 0 aliphatic rings. The quantitative estimate of drug-likeness (QED) is 0.685. The second-order valence-corrected chi connectivity index (χ2v) is 6.95. The van der Waals surface area contributed by atoms with Crippen LogP contribution in [0.15, 0.2) is 18.3 Å². The number of rotatable bonds is 8. The summed E-state index contributed by atoms with van der Waals surface area (Å²) in [6, 6.07) is 3.63. The van der Waals surface area contributed by atoms with Crippen molar-refractivity contribution in [3.8, 4) is 0 Å². The van der Waals surface area contributed by atoms with E-state index in [-0.39, 0.29) is 12.3 Å². The molecule has 0 aliphatic carbocycles. The van der Waals surface area contributed by atoms with E-state index in [9.17, 15) is 14.4 Å². The number of pyridine rings is 1. The minimum atomic E-state index is -1.08. The zero-order valence-electron chi connectivity index (χ0n) is 15.7. The average molecular weight is 365 g/mol. The first-order chi connectivity index (χ1) is 12.1. The van der Waals surface area contributed by atoms with Crippen LogP contribution in [0.4, 0.5) is 10.6 Å². The van der Waals surface area contributed by atoms with Gasteiger partial charge in [0.1, 0.15) is 18.0 Å². The van der Waals surface area contributed by atoms with E-state index in [2.05, 4.69) is 10.3 Å². The van der Waals surface area contributed by atoms with Gasteiger partial charge in [0, 0.05) is 19.2 Å². The van der Waals surface area contributed by atoms with Gasteiger partial charge in [-0.1, -0.05) is 0 Å². The Hall–Kier alpha value is -2.64. The highest BCUT2D eigenvalue weighted by atomic mass is 16.6. The van der Waals surface area contributed by atoms with Crippen molar-refractivity contribution in [2.45, 2.75) is 52.6 Å². The third kappa shape index (κ3) is 8.46. The molecule has 8 heteroatoms. The predicted octanol–water partition coefficient (Wildman–Crippen LogP) is 2.50. The standard InChI is InChI=1S/C18H27N3O5/c1-13-8-9-19-14(11-13)21(17(25)26-18(2,3)4)10-6-5-7-15(22)20-12-16(23)24/h8-9,11H,5-7,10,12H2,1-4H3,(H,20,22)(H,23,24). The molecule has 144 valence electrons. The molecule has 0 spiro atoms. The van der Waals surface area contributed by atoms with Crippen molar-refractivity contribution in [2.75, 3.05) is 18.0 Å². The van der Waals surface area contributed by atoms with Gasteiger partial charge in [-0.05, 0) is 58.2 Å². The van der Waals surface area contributed by atoms with Crippen LogP contribution in [0.3, 0.4) is 0 Å². The number of nitrogens with one attached hydrogen (secondary N) is 1. The Balaban J connectivity index is 2.64. The summed E-state index contributed by atoms with van der Waals surface area (Å²) in [4.78, 5) is 40.1. The summed E-state index contributed by atoms with van der Waals surface area (Å²) >= 11 is 0. The van der Waals surface area contributed by atoms with Crippen molar-refractivity contribution < 1.29 is 24.2 Å². The van der Waals surface area contributed by atoms with Gasteiger partial charge in [-0.25, -0.2) is 9.78 Å². The molecule has 26 heavy (non-hydrogen) atoms. The van der Waals surface area contributed by atoms with Gasteiger partial charge < -0.3 is 15.2 Å². The van der Waals surface area contributed by atoms with Crippen LogP contribution in [-0.4, -0.2) is 46.8 Å². The van der Waals surface area contributed by atoms with Crippen molar-refractivity contribution in [3.05, 3.63) is 23.9 Å². The maximum Gasteiger partial charge on any atom is 0.416 e. The van der Waals surface area contributed by atoms with Gasteiger partial charge in [0.25, 0.3) is 0 Å². The van der Waals surface area contributed by atoms with E-state index in [0.29, 0.717) is 25.2 Å². The molecule has 0 unspecified atom stereocenters. The smallest absolute Gasteiger partial charge is 0.416 e. The molecule has 1 aromatic heterocycles. The van der Waals surface area contributed by atoms with Crippen molar-refractivity contribution in [1.29, 1.82) is 0 Å². The second-order valence-electron chi connectivity index (χ2n) is 6.95. The van der Waals surface area contributed by atoms with Gasteiger partial charge >= 0.3 is 12.1 Å². The lowest BCUT2D eigenvalue weighted by molar-refractivity contribution is -0.137. The van der Waals surface area contributed by atoms with Crippen molar-refractivity contribution in [1.82, 2.24) is 10.3 Å². The summed E-state index contributed by atoms with van der Waals surface area (Å²) in [5.74, 6) is -0.917. The summed E-state index contributed by atoms with van der Waals surface area (Å²) < 4.78 is 5.44. The monoisotopic (exact) mass is 365 g/mol. The van der Waals surface area contributed by atoms with Crippen molar-refractivity contribution in [3.63, 3.8) is 0 Å². The minimum Gasteiger partial charge on any atom is -0.480 e. The highest BCUT2D eigenvalue weighted by molar-refractivity contribution is 5.86. The number of anilines is 1. The lowest BCUT2D eigenvalue weighted by Gasteiger charge is -2.27. The van der Waals surface area contributed by atoms with Crippen LogP contribution in [0.25, 0.3) is 0 Å². The number of aryl methyl sites for hydroxylation is 1. The average Bonchev–Trinajstić information content (AvgIpc) is 2.51. The topological polar surface area (TPSA) is 109 Å². The number of nitrogens with zero attached hydrogens (tertiary/aromatic N) is 2. The molecule has 2 amide bonds. The maximum atomic E-state index is 12.5. The molecule has 0 aliphatic heterocycles. The maximum absolute atomic E-state index is 12.5. The van der Waals surface area contributed by atoms with E-state index in [1.807, 2.05) is 13.0 Å². The molecule has 1 rings (SSSR count). The van der Waals surface area contributed by atoms with Crippen LogP contribution in [0, 0.1) is 6.92 Å². The molecule has 0 saturated carbocycles. The number of carboxylic acid groups (broad SMARTS) is 1. The number of hydrogen-bond donors (Lipinski definition) is 2. The predicted molar refractivity (Wildman–Crippen MR) is 97.1 cm³/mol. The van der Waals surface area contributed by atoms with E-state index >= 15 is 0 Å². The molecule has 1 heterocycles. The molecule has 0 aromatic carbocycles.